The molecule has 4 aromatic rings. The number of fused-ring (bicyclic) bond motifs is 1. The minimum absolute atomic E-state index is 0.654. The maximum Gasteiger partial charge on any atom is 0.235 e. The molecule has 8 heteroatoms. The van der Waals surface area contributed by atoms with Crippen molar-refractivity contribution in [2.24, 2.45) is 0 Å². The van der Waals surface area contributed by atoms with Gasteiger partial charge in [0.1, 0.15) is 5.69 Å². The van der Waals surface area contributed by atoms with Gasteiger partial charge in [0.25, 0.3) is 0 Å². The fraction of sp³-hybridized carbons (Fsp3) is 0.267. The highest BCUT2D eigenvalue weighted by Crippen LogP contribution is 2.29. The molecule has 0 spiro atoms. The van der Waals surface area contributed by atoms with E-state index in [0.717, 1.165) is 39.9 Å². The first kappa shape index (κ1) is 14.0. The van der Waals surface area contributed by atoms with E-state index in [2.05, 4.69) is 32.3 Å². The van der Waals surface area contributed by atoms with Crippen LogP contribution in [0.1, 0.15) is 19.0 Å². The van der Waals surface area contributed by atoms with Crippen LogP contribution in [0.25, 0.3) is 27.1 Å². The summed E-state index contributed by atoms with van der Waals surface area (Å²) in [5.74, 6) is 0.654. The summed E-state index contributed by atoms with van der Waals surface area (Å²) in [6.45, 7) is 5.05. The van der Waals surface area contributed by atoms with Gasteiger partial charge in [0.15, 0.2) is 5.01 Å². The molecule has 4 heterocycles. The normalized spacial score (nSPS) is 11.4. The van der Waals surface area contributed by atoms with E-state index in [1.54, 1.807) is 10.7 Å². The second kappa shape index (κ2) is 5.54. The summed E-state index contributed by atoms with van der Waals surface area (Å²) < 4.78 is 3.71. The molecule has 0 radical (unpaired) electrons. The highest BCUT2D eigenvalue weighted by molar-refractivity contribution is 7.19. The van der Waals surface area contributed by atoms with Gasteiger partial charge in [-0.05, 0) is 25.5 Å². The average Bonchev–Trinajstić information content (AvgIpc) is 3.22. The number of nitrogens with zero attached hydrogens (tertiary/aromatic N) is 7. The maximum atomic E-state index is 4.67. The van der Waals surface area contributed by atoms with E-state index in [4.69, 9.17) is 0 Å². The topological polar surface area (TPSA) is 73.8 Å². The minimum atomic E-state index is 0.654. The first-order chi connectivity index (χ1) is 11.3. The molecule has 0 N–H and O–H groups in total. The summed E-state index contributed by atoms with van der Waals surface area (Å²) in [6.07, 6.45) is 4.84. The molecule has 4 rings (SSSR count). The van der Waals surface area contributed by atoms with Crippen molar-refractivity contribution < 1.29 is 0 Å². The number of aryl methyl sites for hydroxylation is 2. The van der Waals surface area contributed by atoms with Gasteiger partial charge in [-0.3, -0.25) is 9.67 Å². The molecule has 0 aliphatic carbocycles. The Kier molecular flexibility index (Phi) is 3.38. The van der Waals surface area contributed by atoms with Crippen molar-refractivity contribution in [3.63, 3.8) is 0 Å². The van der Waals surface area contributed by atoms with Crippen molar-refractivity contribution >= 4 is 16.3 Å². The van der Waals surface area contributed by atoms with Gasteiger partial charge in [-0.1, -0.05) is 24.3 Å². The SMILES string of the molecule is CCCn1cc(-c2nn3c(-c4ccccn4)nnc3s2)c(C)n1. The third-order valence-electron chi connectivity index (χ3n) is 3.51. The molecule has 0 aromatic carbocycles. The molecule has 0 amide bonds. The van der Waals surface area contributed by atoms with E-state index in [-0.39, 0.29) is 0 Å². The van der Waals surface area contributed by atoms with Gasteiger partial charge < -0.3 is 0 Å². The smallest absolute Gasteiger partial charge is 0.235 e. The monoisotopic (exact) mass is 325 g/mol. The Hall–Kier alpha value is -2.61. The zero-order chi connectivity index (χ0) is 15.8. The van der Waals surface area contributed by atoms with Gasteiger partial charge in [0, 0.05) is 18.9 Å². The Morgan fingerprint density at radius 1 is 1.17 bits per heavy atom. The summed E-state index contributed by atoms with van der Waals surface area (Å²) >= 11 is 1.51. The van der Waals surface area contributed by atoms with Crippen LogP contribution in [0, 0.1) is 6.92 Å². The summed E-state index contributed by atoms with van der Waals surface area (Å²) in [5.41, 5.74) is 2.78. The zero-order valence-corrected chi connectivity index (χ0v) is 13.7. The lowest BCUT2D eigenvalue weighted by Crippen LogP contribution is -1.96. The van der Waals surface area contributed by atoms with Gasteiger partial charge in [0.05, 0.1) is 11.3 Å². The molecule has 0 atom stereocenters. The lowest BCUT2D eigenvalue weighted by Gasteiger charge is -1.95. The summed E-state index contributed by atoms with van der Waals surface area (Å²) in [4.78, 5) is 5.08. The van der Waals surface area contributed by atoms with Crippen LogP contribution in [0.3, 0.4) is 0 Å². The van der Waals surface area contributed by atoms with Crippen molar-refractivity contribution in [2.75, 3.05) is 0 Å². The maximum absolute atomic E-state index is 4.67. The first-order valence-corrected chi connectivity index (χ1v) is 8.26. The minimum Gasteiger partial charge on any atom is -0.272 e. The predicted octanol–water partition coefficient (Wildman–Crippen LogP) is 2.83. The lowest BCUT2D eigenvalue weighted by molar-refractivity contribution is 0.598. The van der Waals surface area contributed by atoms with E-state index >= 15 is 0 Å². The van der Waals surface area contributed by atoms with Crippen molar-refractivity contribution in [3.8, 4) is 22.1 Å². The molecular weight excluding hydrogens is 310 g/mol. The Labute approximate surface area is 136 Å². The fourth-order valence-electron chi connectivity index (χ4n) is 2.45. The molecule has 0 aliphatic rings. The molecule has 0 aliphatic heterocycles. The largest absolute Gasteiger partial charge is 0.272 e. The number of pyridine rings is 1. The van der Waals surface area contributed by atoms with Gasteiger partial charge in [-0.2, -0.15) is 14.7 Å². The van der Waals surface area contributed by atoms with Gasteiger partial charge in [-0.15, -0.1) is 10.2 Å². The van der Waals surface area contributed by atoms with Gasteiger partial charge in [0.2, 0.25) is 10.8 Å². The van der Waals surface area contributed by atoms with Crippen LogP contribution >= 0.6 is 11.3 Å². The summed E-state index contributed by atoms with van der Waals surface area (Å²) in [5, 5.41) is 18.5. The second-order valence-electron chi connectivity index (χ2n) is 5.23. The third kappa shape index (κ3) is 2.40. The second-order valence-corrected chi connectivity index (χ2v) is 6.19. The highest BCUT2D eigenvalue weighted by Gasteiger charge is 2.17. The Morgan fingerprint density at radius 3 is 2.87 bits per heavy atom. The van der Waals surface area contributed by atoms with Crippen LogP contribution in [-0.2, 0) is 6.54 Å². The van der Waals surface area contributed by atoms with Crippen LogP contribution in [0.15, 0.2) is 30.6 Å². The zero-order valence-electron chi connectivity index (χ0n) is 12.8. The van der Waals surface area contributed by atoms with Crippen molar-refractivity contribution in [2.45, 2.75) is 26.8 Å². The molecule has 0 unspecified atom stereocenters. The highest BCUT2D eigenvalue weighted by atomic mass is 32.1. The fourth-order valence-corrected chi connectivity index (χ4v) is 3.35. The Bertz CT molecular complexity index is 951. The van der Waals surface area contributed by atoms with E-state index in [1.165, 1.54) is 11.3 Å². The molecule has 0 fully saturated rings. The molecule has 0 saturated carbocycles. The molecule has 4 aromatic heterocycles. The van der Waals surface area contributed by atoms with Crippen molar-refractivity contribution in [1.29, 1.82) is 0 Å². The molecule has 0 saturated heterocycles. The van der Waals surface area contributed by atoms with Crippen LogP contribution in [0.4, 0.5) is 0 Å². The van der Waals surface area contributed by atoms with E-state index < -0.39 is 0 Å². The van der Waals surface area contributed by atoms with Gasteiger partial charge >= 0.3 is 0 Å². The van der Waals surface area contributed by atoms with E-state index in [9.17, 15) is 0 Å². The van der Waals surface area contributed by atoms with Gasteiger partial charge in [-0.25, -0.2) is 0 Å². The van der Waals surface area contributed by atoms with Crippen molar-refractivity contribution in [1.82, 2.24) is 34.6 Å². The molecule has 116 valence electrons. The van der Waals surface area contributed by atoms with E-state index in [0.29, 0.717) is 5.82 Å². The number of rotatable bonds is 4. The average molecular weight is 325 g/mol. The van der Waals surface area contributed by atoms with Crippen LogP contribution < -0.4 is 0 Å². The molecule has 0 bridgehead atoms. The lowest BCUT2D eigenvalue weighted by atomic mass is 10.3. The first-order valence-electron chi connectivity index (χ1n) is 7.44. The standard InChI is InChI=1S/C15H15N7S/c1-3-8-21-9-11(10(2)19-21)14-20-22-13(17-18-15(22)23-14)12-6-4-5-7-16-12/h4-7,9H,3,8H2,1-2H3. The Balaban J connectivity index is 1.80. The van der Waals surface area contributed by atoms with Crippen LogP contribution in [-0.4, -0.2) is 34.6 Å². The summed E-state index contributed by atoms with van der Waals surface area (Å²) in [7, 11) is 0. The predicted molar refractivity (Wildman–Crippen MR) is 88.1 cm³/mol. The van der Waals surface area contributed by atoms with Crippen molar-refractivity contribution in [3.05, 3.63) is 36.3 Å². The molecule has 7 nitrogen and oxygen atoms in total. The quantitative estimate of drug-likeness (QED) is 0.577. The number of hydrogen-bond acceptors (Lipinski definition) is 6. The molecule has 23 heavy (non-hydrogen) atoms. The number of aromatic nitrogens is 7. The van der Waals surface area contributed by atoms with E-state index in [1.807, 2.05) is 36.0 Å². The third-order valence-corrected chi connectivity index (χ3v) is 4.45. The van der Waals surface area contributed by atoms with Crippen LogP contribution in [0.5, 0.6) is 0 Å². The summed E-state index contributed by atoms with van der Waals surface area (Å²) in [6, 6.07) is 5.70. The Morgan fingerprint density at radius 2 is 2.09 bits per heavy atom. The molecular formula is C15H15N7S. The number of hydrogen-bond donors (Lipinski definition) is 0. The van der Waals surface area contributed by atoms with Crippen LogP contribution in [0.2, 0.25) is 0 Å².